The van der Waals surface area contributed by atoms with E-state index >= 15 is 0 Å². The molecule has 5 nitrogen and oxygen atoms in total. The standard InChI is InChI=1S/C13H17F2NO4S/c1-4-16(6-7(2)12(18)19)11(17)10-9(20-13(14)15)5-8(3)21-10/h5,7,13H,4,6H2,1-3H3,(H,18,19). The fourth-order valence-electron chi connectivity index (χ4n) is 1.73. The van der Waals surface area contributed by atoms with Gasteiger partial charge in [-0.05, 0) is 19.9 Å². The van der Waals surface area contributed by atoms with E-state index < -0.39 is 24.4 Å². The summed E-state index contributed by atoms with van der Waals surface area (Å²) < 4.78 is 29.1. The third kappa shape index (κ3) is 4.66. The lowest BCUT2D eigenvalue weighted by Crippen LogP contribution is -2.36. The number of aliphatic carboxylic acids is 1. The van der Waals surface area contributed by atoms with Gasteiger partial charge in [0, 0.05) is 18.0 Å². The van der Waals surface area contributed by atoms with Crippen molar-refractivity contribution in [1.29, 1.82) is 0 Å². The second-order valence-corrected chi connectivity index (χ2v) is 5.77. The number of amides is 1. The molecule has 0 saturated carbocycles. The second-order valence-electron chi connectivity index (χ2n) is 4.51. The zero-order valence-electron chi connectivity index (χ0n) is 11.9. The molecule has 0 aliphatic carbocycles. The van der Waals surface area contributed by atoms with Crippen molar-refractivity contribution in [3.8, 4) is 5.75 Å². The summed E-state index contributed by atoms with van der Waals surface area (Å²) in [6.07, 6.45) is 0. The molecule has 1 unspecified atom stereocenters. The number of carbonyl (C=O) groups is 2. The number of thiophene rings is 1. The van der Waals surface area contributed by atoms with Gasteiger partial charge in [0.2, 0.25) is 0 Å². The molecular weight excluding hydrogens is 304 g/mol. The molecule has 1 rings (SSSR count). The number of alkyl halides is 2. The molecule has 1 amide bonds. The van der Waals surface area contributed by atoms with Crippen LogP contribution in [0, 0.1) is 12.8 Å². The Hall–Kier alpha value is -1.70. The maximum absolute atomic E-state index is 12.4. The predicted molar refractivity (Wildman–Crippen MR) is 74.1 cm³/mol. The van der Waals surface area contributed by atoms with Gasteiger partial charge in [0.15, 0.2) is 0 Å². The van der Waals surface area contributed by atoms with Crippen LogP contribution in [0.1, 0.15) is 28.4 Å². The third-order valence-corrected chi connectivity index (χ3v) is 3.84. The van der Waals surface area contributed by atoms with Crippen molar-refractivity contribution in [3.05, 3.63) is 15.8 Å². The number of hydrogen-bond acceptors (Lipinski definition) is 4. The molecule has 0 aromatic carbocycles. The van der Waals surface area contributed by atoms with Gasteiger partial charge in [0.25, 0.3) is 5.91 Å². The zero-order chi connectivity index (χ0) is 16.2. The lowest BCUT2D eigenvalue weighted by atomic mass is 10.1. The lowest BCUT2D eigenvalue weighted by Gasteiger charge is -2.22. The molecular formula is C13H17F2NO4S. The van der Waals surface area contributed by atoms with Crippen LogP contribution in [0.25, 0.3) is 0 Å². The minimum Gasteiger partial charge on any atom is -0.481 e. The lowest BCUT2D eigenvalue weighted by molar-refractivity contribution is -0.141. The highest BCUT2D eigenvalue weighted by molar-refractivity contribution is 7.14. The molecule has 1 N–H and O–H groups in total. The number of halogens is 2. The van der Waals surface area contributed by atoms with Crippen molar-refractivity contribution in [2.75, 3.05) is 13.1 Å². The van der Waals surface area contributed by atoms with Crippen molar-refractivity contribution < 1.29 is 28.2 Å². The number of ether oxygens (including phenoxy) is 1. The molecule has 0 aliphatic rings. The summed E-state index contributed by atoms with van der Waals surface area (Å²) in [5, 5.41) is 8.90. The normalized spacial score (nSPS) is 12.3. The second kappa shape index (κ2) is 7.35. The first-order valence-corrected chi connectivity index (χ1v) is 7.15. The fourth-order valence-corrected chi connectivity index (χ4v) is 2.64. The molecule has 8 heteroatoms. The van der Waals surface area contributed by atoms with Crippen molar-refractivity contribution in [2.45, 2.75) is 27.4 Å². The van der Waals surface area contributed by atoms with Gasteiger partial charge in [-0.25, -0.2) is 0 Å². The van der Waals surface area contributed by atoms with Crippen LogP contribution in [0.15, 0.2) is 6.07 Å². The Balaban J connectivity index is 2.97. The first-order valence-electron chi connectivity index (χ1n) is 6.33. The Kier molecular flexibility index (Phi) is 6.07. The monoisotopic (exact) mass is 321 g/mol. The van der Waals surface area contributed by atoms with Crippen LogP contribution in [-0.2, 0) is 4.79 Å². The molecule has 1 atom stereocenters. The van der Waals surface area contributed by atoms with Crippen LogP contribution < -0.4 is 4.74 Å². The minimum atomic E-state index is -3.02. The summed E-state index contributed by atoms with van der Waals surface area (Å²) in [6.45, 7) is 2.13. The zero-order valence-corrected chi connectivity index (χ0v) is 12.7. The van der Waals surface area contributed by atoms with E-state index in [-0.39, 0.29) is 23.7 Å². The average Bonchev–Trinajstić information content (AvgIpc) is 2.74. The molecule has 0 spiro atoms. The molecule has 118 valence electrons. The van der Waals surface area contributed by atoms with Crippen LogP contribution in [0.3, 0.4) is 0 Å². The highest BCUT2D eigenvalue weighted by Gasteiger charge is 2.25. The highest BCUT2D eigenvalue weighted by Crippen LogP contribution is 2.31. The quantitative estimate of drug-likeness (QED) is 0.838. The number of carboxylic acid groups (broad SMARTS) is 1. The Morgan fingerprint density at radius 3 is 2.57 bits per heavy atom. The van der Waals surface area contributed by atoms with Crippen LogP contribution in [0.4, 0.5) is 8.78 Å². The SMILES string of the molecule is CCN(CC(C)C(=O)O)C(=O)c1sc(C)cc1OC(F)F. The smallest absolute Gasteiger partial charge is 0.387 e. The molecule has 21 heavy (non-hydrogen) atoms. The number of carboxylic acids is 1. The van der Waals surface area contributed by atoms with Crippen LogP contribution >= 0.6 is 11.3 Å². The molecule has 0 fully saturated rings. The van der Waals surface area contributed by atoms with Crippen molar-refractivity contribution in [2.24, 2.45) is 5.92 Å². The van der Waals surface area contributed by atoms with E-state index in [1.54, 1.807) is 13.8 Å². The minimum absolute atomic E-state index is 0.00966. The van der Waals surface area contributed by atoms with Gasteiger partial charge in [0.05, 0.1) is 5.92 Å². The van der Waals surface area contributed by atoms with Gasteiger partial charge in [0.1, 0.15) is 10.6 Å². The van der Waals surface area contributed by atoms with E-state index in [4.69, 9.17) is 5.11 Å². The first kappa shape index (κ1) is 17.4. The van der Waals surface area contributed by atoms with Crippen LogP contribution in [-0.4, -0.2) is 41.6 Å². The summed E-state index contributed by atoms with van der Waals surface area (Å²) in [5.41, 5.74) is 0. The Morgan fingerprint density at radius 2 is 2.10 bits per heavy atom. The number of hydrogen-bond donors (Lipinski definition) is 1. The van der Waals surface area contributed by atoms with E-state index in [1.807, 2.05) is 0 Å². The van der Waals surface area contributed by atoms with Crippen LogP contribution in [0.2, 0.25) is 0 Å². The summed E-state index contributed by atoms with van der Waals surface area (Å²) in [7, 11) is 0. The molecule has 0 radical (unpaired) electrons. The van der Waals surface area contributed by atoms with E-state index in [0.29, 0.717) is 4.88 Å². The van der Waals surface area contributed by atoms with E-state index in [2.05, 4.69) is 4.74 Å². The van der Waals surface area contributed by atoms with E-state index in [1.165, 1.54) is 17.9 Å². The Morgan fingerprint density at radius 1 is 1.48 bits per heavy atom. The highest BCUT2D eigenvalue weighted by atomic mass is 32.1. The molecule has 1 aromatic rings. The van der Waals surface area contributed by atoms with Crippen molar-refractivity contribution in [3.63, 3.8) is 0 Å². The molecule has 0 aliphatic heterocycles. The third-order valence-electron chi connectivity index (χ3n) is 2.82. The van der Waals surface area contributed by atoms with Gasteiger partial charge in [-0.15, -0.1) is 11.3 Å². The Labute approximate surface area is 125 Å². The van der Waals surface area contributed by atoms with Gasteiger partial charge >= 0.3 is 12.6 Å². The number of carbonyl (C=O) groups excluding carboxylic acids is 1. The number of aryl methyl sites for hydroxylation is 1. The summed E-state index contributed by atoms with van der Waals surface area (Å²) in [5.74, 6) is -2.43. The number of nitrogens with zero attached hydrogens (tertiary/aromatic N) is 1. The first-order chi connectivity index (χ1) is 9.76. The summed E-state index contributed by atoms with van der Waals surface area (Å²) >= 11 is 1.05. The van der Waals surface area contributed by atoms with Gasteiger partial charge in [-0.3, -0.25) is 9.59 Å². The molecule has 0 saturated heterocycles. The Bertz CT molecular complexity index is 518. The topological polar surface area (TPSA) is 66.8 Å². The largest absolute Gasteiger partial charge is 0.481 e. The predicted octanol–water partition coefficient (Wildman–Crippen LogP) is 2.84. The summed E-state index contributed by atoms with van der Waals surface area (Å²) in [6, 6.07) is 1.37. The van der Waals surface area contributed by atoms with E-state index in [9.17, 15) is 18.4 Å². The summed E-state index contributed by atoms with van der Waals surface area (Å²) in [4.78, 5) is 25.3. The molecule has 1 aromatic heterocycles. The fraction of sp³-hybridized carbons (Fsp3) is 0.538. The van der Waals surface area contributed by atoms with E-state index in [0.717, 1.165) is 11.3 Å². The maximum Gasteiger partial charge on any atom is 0.387 e. The molecule has 1 heterocycles. The van der Waals surface area contributed by atoms with Gasteiger partial charge in [-0.1, -0.05) is 6.92 Å². The van der Waals surface area contributed by atoms with Crippen molar-refractivity contribution >= 4 is 23.2 Å². The van der Waals surface area contributed by atoms with Crippen molar-refractivity contribution in [1.82, 2.24) is 4.90 Å². The van der Waals surface area contributed by atoms with Gasteiger partial charge < -0.3 is 14.7 Å². The van der Waals surface area contributed by atoms with Crippen LogP contribution in [0.5, 0.6) is 5.75 Å². The van der Waals surface area contributed by atoms with Gasteiger partial charge in [-0.2, -0.15) is 8.78 Å². The maximum atomic E-state index is 12.4. The molecule has 0 bridgehead atoms. The average molecular weight is 321 g/mol. The number of rotatable bonds is 7.